The summed E-state index contributed by atoms with van der Waals surface area (Å²) in [6.07, 6.45) is -9.95. The Morgan fingerprint density at radius 2 is 1.79 bits per heavy atom. The van der Waals surface area contributed by atoms with Gasteiger partial charge in [-0.05, 0) is 6.07 Å². The molecule has 1 aromatic rings. The molecule has 0 atom stereocenters. The highest BCUT2D eigenvalue weighted by Gasteiger charge is 2.38. The van der Waals surface area contributed by atoms with Crippen LogP contribution >= 0.6 is 15.9 Å². The maximum absolute atomic E-state index is 12.6. The smallest absolute Gasteiger partial charge is 0.404 e. The number of alkyl halides is 7. The highest BCUT2D eigenvalue weighted by Crippen LogP contribution is 2.35. The lowest BCUT2D eigenvalue weighted by Crippen LogP contribution is -2.20. The minimum absolute atomic E-state index is 0.368. The summed E-state index contributed by atoms with van der Waals surface area (Å²) in [7, 11) is 0. The van der Waals surface area contributed by atoms with Gasteiger partial charge in [0.2, 0.25) is 0 Å². The summed E-state index contributed by atoms with van der Waals surface area (Å²) in [5.74, 6) is -0.888. The number of pyridine rings is 1. The quantitative estimate of drug-likeness (QED) is 0.669. The molecule has 0 aliphatic carbocycles. The van der Waals surface area contributed by atoms with Crippen LogP contribution in [0.3, 0.4) is 0 Å². The first kappa shape index (κ1) is 16.0. The van der Waals surface area contributed by atoms with Gasteiger partial charge in [0.1, 0.15) is 0 Å². The summed E-state index contributed by atoms with van der Waals surface area (Å²) in [4.78, 5) is 3.06. The Hall–Kier alpha value is -1.03. The molecule has 0 amide bonds. The van der Waals surface area contributed by atoms with E-state index in [-0.39, 0.29) is 5.33 Å². The molecular formula is C9H6BrF6NO2. The van der Waals surface area contributed by atoms with Gasteiger partial charge in [0.25, 0.3) is 0 Å². The molecular weight excluding hydrogens is 348 g/mol. The molecule has 0 bridgehead atoms. The largest absolute Gasteiger partial charge is 0.573 e. The van der Waals surface area contributed by atoms with Crippen molar-refractivity contribution < 1.29 is 36.2 Å². The Kier molecular flexibility index (Phi) is 4.67. The molecule has 0 spiro atoms. The lowest BCUT2D eigenvalue weighted by atomic mass is 10.1. The molecule has 0 fully saturated rings. The van der Waals surface area contributed by atoms with Crippen LogP contribution in [0.5, 0.6) is 5.75 Å². The van der Waals surface area contributed by atoms with Gasteiger partial charge in [0.05, 0.1) is 12.3 Å². The van der Waals surface area contributed by atoms with E-state index in [1.54, 1.807) is 0 Å². The SMILES string of the molecule is OCc1cc(OC(F)(F)F)c(CBr)nc1C(F)(F)F. The fourth-order valence-electron chi connectivity index (χ4n) is 1.25. The predicted octanol–water partition coefficient (Wildman–Crippen LogP) is 3.39. The lowest BCUT2D eigenvalue weighted by Gasteiger charge is -2.16. The summed E-state index contributed by atoms with van der Waals surface area (Å²) >= 11 is 2.72. The number of aliphatic hydroxyl groups is 1. The number of hydrogen-bond donors (Lipinski definition) is 1. The number of hydrogen-bond acceptors (Lipinski definition) is 3. The van der Waals surface area contributed by atoms with E-state index in [0.717, 1.165) is 0 Å². The second-order valence-electron chi connectivity index (χ2n) is 3.28. The molecule has 0 radical (unpaired) electrons. The molecule has 0 saturated heterocycles. The fraction of sp³-hybridized carbons (Fsp3) is 0.444. The molecule has 0 aromatic carbocycles. The van der Waals surface area contributed by atoms with E-state index >= 15 is 0 Å². The van der Waals surface area contributed by atoms with Crippen LogP contribution in [-0.2, 0) is 18.1 Å². The fourth-order valence-corrected chi connectivity index (χ4v) is 1.65. The summed E-state index contributed by atoms with van der Waals surface area (Å²) < 4.78 is 77.5. The van der Waals surface area contributed by atoms with Crippen molar-refractivity contribution in [1.29, 1.82) is 0 Å². The number of halogens is 7. The van der Waals surface area contributed by atoms with Crippen LogP contribution in [0, 0.1) is 0 Å². The molecule has 0 aliphatic rings. The average Bonchev–Trinajstić information content (AvgIpc) is 2.24. The van der Waals surface area contributed by atoms with E-state index < -0.39 is 41.8 Å². The van der Waals surface area contributed by atoms with Crippen molar-refractivity contribution >= 4 is 15.9 Å². The Balaban J connectivity index is 3.36. The Bertz CT molecular complexity index is 459. The van der Waals surface area contributed by atoms with Crippen molar-refractivity contribution in [3.8, 4) is 5.75 Å². The third-order valence-electron chi connectivity index (χ3n) is 1.93. The molecule has 1 N–H and O–H groups in total. The number of rotatable bonds is 3. The minimum Gasteiger partial charge on any atom is -0.404 e. The Labute approximate surface area is 111 Å². The summed E-state index contributed by atoms with van der Waals surface area (Å²) in [5, 5.41) is 8.41. The number of nitrogens with zero attached hydrogens (tertiary/aromatic N) is 1. The van der Waals surface area contributed by atoms with Crippen molar-refractivity contribution in [3.63, 3.8) is 0 Å². The van der Waals surface area contributed by atoms with E-state index in [4.69, 9.17) is 5.11 Å². The standard InChI is InChI=1S/C9H6BrF6NO2/c10-2-5-6(19-9(14,15)16)1-4(3-18)7(17-5)8(11,12)13/h1,18H,2-3H2. The zero-order valence-corrected chi connectivity index (χ0v) is 10.5. The zero-order chi connectivity index (χ0) is 14.8. The van der Waals surface area contributed by atoms with E-state index in [0.29, 0.717) is 6.07 Å². The second kappa shape index (κ2) is 5.53. The molecule has 0 saturated carbocycles. The number of aromatic nitrogens is 1. The minimum atomic E-state index is -5.06. The third kappa shape index (κ3) is 4.23. The van der Waals surface area contributed by atoms with Crippen LogP contribution in [-0.4, -0.2) is 16.5 Å². The van der Waals surface area contributed by atoms with Crippen molar-refractivity contribution in [2.24, 2.45) is 0 Å². The molecule has 0 aliphatic heterocycles. The molecule has 19 heavy (non-hydrogen) atoms. The monoisotopic (exact) mass is 353 g/mol. The highest BCUT2D eigenvalue weighted by atomic mass is 79.9. The van der Waals surface area contributed by atoms with Crippen LogP contribution in [0.25, 0.3) is 0 Å². The van der Waals surface area contributed by atoms with Crippen molar-refractivity contribution in [2.75, 3.05) is 0 Å². The van der Waals surface area contributed by atoms with Crippen molar-refractivity contribution in [1.82, 2.24) is 4.98 Å². The van der Waals surface area contributed by atoms with Gasteiger partial charge in [-0.3, -0.25) is 0 Å². The van der Waals surface area contributed by atoms with Crippen LogP contribution in [0.2, 0.25) is 0 Å². The average molecular weight is 354 g/mol. The molecule has 1 rings (SSSR count). The molecule has 3 nitrogen and oxygen atoms in total. The lowest BCUT2D eigenvalue weighted by molar-refractivity contribution is -0.275. The first-order chi connectivity index (χ1) is 8.58. The van der Waals surface area contributed by atoms with E-state index in [1.165, 1.54) is 0 Å². The predicted molar refractivity (Wildman–Crippen MR) is 54.5 cm³/mol. The maximum Gasteiger partial charge on any atom is 0.573 e. The molecule has 1 heterocycles. The Morgan fingerprint density at radius 3 is 2.16 bits per heavy atom. The molecule has 0 unspecified atom stereocenters. The van der Waals surface area contributed by atoms with Crippen LogP contribution in [0.1, 0.15) is 17.0 Å². The first-order valence-electron chi connectivity index (χ1n) is 4.61. The summed E-state index contributed by atoms with van der Waals surface area (Å²) in [6, 6.07) is 0.472. The normalized spacial score (nSPS) is 12.6. The molecule has 10 heteroatoms. The van der Waals surface area contributed by atoms with E-state index in [1.807, 2.05) is 0 Å². The van der Waals surface area contributed by atoms with Crippen LogP contribution in [0.15, 0.2) is 6.07 Å². The van der Waals surface area contributed by atoms with Gasteiger partial charge >= 0.3 is 12.5 Å². The summed E-state index contributed by atoms with van der Waals surface area (Å²) in [5.41, 5.74) is -2.81. The van der Waals surface area contributed by atoms with Gasteiger partial charge in [0.15, 0.2) is 11.4 Å². The van der Waals surface area contributed by atoms with Gasteiger partial charge < -0.3 is 9.84 Å². The van der Waals surface area contributed by atoms with Crippen LogP contribution in [0.4, 0.5) is 26.3 Å². The van der Waals surface area contributed by atoms with Gasteiger partial charge in [0, 0.05) is 10.9 Å². The summed E-state index contributed by atoms with van der Waals surface area (Å²) in [6.45, 7) is -1.11. The van der Waals surface area contributed by atoms with Gasteiger partial charge in [-0.2, -0.15) is 13.2 Å². The topological polar surface area (TPSA) is 42.4 Å². The second-order valence-corrected chi connectivity index (χ2v) is 3.84. The number of ether oxygens (including phenoxy) is 1. The van der Waals surface area contributed by atoms with E-state index in [9.17, 15) is 26.3 Å². The number of aliphatic hydroxyl groups excluding tert-OH is 1. The third-order valence-corrected chi connectivity index (χ3v) is 2.46. The Morgan fingerprint density at radius 1 is 1.21 bits per heavy atom. The zero-order valence-electron chi connectivity index (χ0n) is 8.94. The van der Waals surface area contributed by atoms with Gasteiger partial charge in [-0.15, -0.1) is 13.2 Å². The molecule has 108 valence electrons. The first-order valence-corrected chi connectivity index (χ1v) is 5.73. The van der Waals surface area contributed by atoms with Crippen molar-refractivity contribution in [3.05, 3.63) is 23.0 Å². The van der Waals surface area contributed by atoms with Crippen LogP contribution < -0.4 is 4.74 Å². The molecule has 1 aromatic heterocycles. The maximum atomic E-state index is 12.6. The van der Waals surface area contributed by atoms with E-state index in [2.05, 4.69) is 25.7 Å². The highest BCUT2D eigenvalue weighted by molar-refractivity contribution is 9.08. The van der Waals surface area contributed by atoms with Crippen molar-refractivity contribution in [2.45, 2.75) is 24.5 Å². The van der Waals surface area contributed by atoms with Gasteiger partial charge in [-0.25, -0.2) is 4.98 Å². The van der Waals surface area contributed by atoms with Gasteiger partial charge in [-0.1, -0.05) is 15.9 Å².